The third-order valence-electron chi connectivity index (χ3n) is 5.01. The molecule has 1 atom stereocenters. The van der Waals surface area contributed by atoms with E-state index < -0.39 is 0 Å². The molecular formula is C17H23N3. The van der Waals surface area contributed by atoms with Crippen molar-refractivity contribution in [2.75, 3.05) is 6.54 Å². The zero-order chi connectivity index (χ0) is 13.5. The van der Waals surface area contributed by atoms with Gasteiger partial charge in [-0.15, -0.1) is 0 Å². The lowest BCUT2D eigenvalue weighted by Gasteiger charge is -2.33. The quantitative estimate of drug-likeness (QED) is 0.838. The van der Waals surface area contributed by atoms with E-state index in [9.17, 15) is 0 Å². The zero-order valence-electron chi connectivity index (χ0n) is 12.3. The maximum atomic E-state index is 5.00. The molecule has 1 aromatic heterocycles. The van der Waals surface area contributed by atoms with Crippen molar-refractivity contribution < 1.29 is 0 Å². The van der Waals surface area contributed by atoms with E-state index in [-0.39, 0.29) is 0 Å². The van der Waals surface area contributed by atoms with Crippen LogP contribution < -0.4 is 0 Å². The highest BCUT2D eigenvalue weighted by Gasteiger charge is 2.41. The molecule has 1 unspecified atom stereocenters. The maximum Gasteiger partial charge on any atom is 0.0609 e. The Morgan fingerprint density at radius 1 is 1.20 bits per heavy atom. The fourth-order valence-corrected chi connectivity index (χ4v) is 3.33. The summed E-state index contributed by atoms with van der Waals surface area (Å²) in [6.45, 7) is 3.24. The first-order valence-corrected chi connectivity index (χ1v) is 8.16. The van der Waals surface area contributed by atoms with Gasteiger partial charge in [-0.05, 0) is 56.6 Å². The second-order valence-electron chi connectivity index (χ2n) is 6.47. The van der Waals surface area contributed by atoms with Crippen LogP contribution in [0.25, 0.3) is 0 Å². The summed E-state index contributed by atoms with van der Waals surface area (Å²) in [5, 5.41) is 7.37. The van der Waals surface area contributed by atoms with Crippen LogP contribution in [-0.2, 0) is 6.42 Å². The minimum atomic E-state index is 0.453. The second-order valence-corrected chi connectivity index (χ2v) is 6.47. The molecule has 0 saturated heterocycles. The van der Waals surface area contributed by atoms with Gasteiger partial charge < -0.3 is 0 Å². The van der Waals surface area contributed by atoms with Gasteiger partial charge in [0, 0.05) is 11.7 Å². The summed E-state index contributed by atoms with van der Waals surface area (Å²) < 4.78 is 0. The first-order chi connectivity index (χ1) is 9.85. The molecule has 3 heteroatoms. The molecule has 4 rings (SSSR count). The van der Waals surface area contributed by atoms with Crippen molar-refractivity contribution in [1.82, 2.24) is 9.99 Å². The number of hydrogen-bond acceptors (Lipinski definition) is 3. The van der Waals surface area contributed by atoms with Crippen LogP contribution in [0.1, 0.15) is 56.3 Å². The number of nitrogens with zero attached hydrogens (tertiary/aromatic N) is 3. The Balaban J connectivity index is 1.61. The number of aromatic nitrogens is 1. The van der Waals surface area contributed by atoms with Crippen molar-refractivity contribution in [3.05, 3.63) is 29.6 Å². The Labute approximate surface area is 121 Å². The van der Waals surface area contributed by atoms with E-state index in [1.165, 1.54) is 49.2 Å². The molecule has 2 aliphatic carbocycles. The van der Waals surface area contributed by atoms with Gasteiger partial charge in [-0.3, -0.25) is 9.99 Å². The molecule has 2 fully saturated rings. The minimum absolute atomic E-state index is 0.453. The molecular weight excluding hydrogens is 246 g/mol. The summed E-state index contributed by atoms with van der Waals surface area (Å²) in [7, 11) is 0. The van der Waals surface area contributed by atoms with Crippen LogP contribution >= 0.6 is 0 Å². The van der Waals surface area contributed by atoms with E-state index in [0.29, 0.717) is 12.0 Å². The van der Waals surface area contributed by atoms with E-state index in [2.05, 4.69) is 30.1 Å². The normalized spacial score (nSPS) is 26.6. The third-order valence-corrected chi connectivity index (χ3v) is 5.01. The Hall–Kier alpha value is -1.38. The van der Waals surface area contributed by atoms with E-state index in [4.69, 9.17) is 10.1 Å². The van der Waals surface area contributed by atoms with E-state index in [0.717, 1.165) is 18.9 Å². The van der Waals surface area contributed by atoms with Crippen LogP contribution in [0.4, 0.5) is 0 Å². The number of aryl methyl sites for hydroxylation is 1. The van der Waals surface area contributed by atoms with Gasteiger partial charge in [-0.2, -0.15) is 5.10 Å². The summed E-state index contributed by atoms with van der Waals surface area (Å²) >= 11 is 0. The fraction of sp³-hybridized carbons (Fsp3) is 0.647. The van der Waals surface area contributed by atoms with Gasteiger partial charge in [-0.1, -0.05) is 13.0 Å². The SMILES string of the molecule is CCc1cccc(C2CN(C3CCC3)N=C2C2CC2)n1. The van der Waals surface area contributed by atoms with Crippen LogP contribution in [0.5, 0.6) is 0 Å². The van der Waals surface area contributed by atoms with Gasteiger partial charge in [0.1, 0.15) is 0 Å². The number of pyridine rings is 1. The highest BCUT2D eigenvalue weighted by Crippen LogP contribution is 2.41. The Morgan fingerprint density at radius 2 is 2.05 bits per heavy atom. The Morgan fingerprint density at radius 3 is 2.70 bits per heavy atom. The van der Waals surface area contributed by atoms with Gasteiger partial charge in [0.05, 0.1) is 23.9 Å². The van der Waals surface area contributed by atoms with Gasteiger partial charge in [0.25, 0.3) is 0 Å². The summed E-state index contributed by atoms with van der Waals surface area (Å²) in [5.41, 5.74) is 3.88. The highest BCUT2D eigenvalue weighted by atomic mass is 15.5. The molecule has 1 aliphatic heterocycles. The van der Waals surface area contributed by atoms with Crippen molar-refractivity contribution in [3.8, 4) is 0 Å². The smallest absolute Gasteiger partial charge is 0.0609 e. The summed E-state index contributed by atoms with van der Waals surface area (Å²) in [4.78, 5) is 4.86. The van der Waals surface area contributed by atoms with Crippen molar-refractivity contribution in [3.63, 3.8) is 0 Å². The molecule has 0 aromatic carbocycles. The molecule has 3 aliphatic rings. The Bertz CT molecular complexity index is 529. The van der Waals surface area contributed by atoms with Crippen molar-refractivity contribution in [2.45, 2.75) is 57.4 Å². The number of rotatable bonds is 4. The van der Waals surface area contributed by atoms with Crippen LogP contribution in [-0.4, -0.2) is 28.3 Å². The molecule has 3 nitrogen and oxygen atoms in total. The lowest BCUT2D eigenvalue weighted by Crippen LogP contribution is -2.35. The third kappa shape index (κ3) is 2.13. The first-order valence-electron chi connectivity index (χ1n) is 8.16. The van der Waals surface area contributed by atoms with Gasteiger partial charge >= 0.3 is 0 Å². The largest absolute Gasteiger partial charge is 0.293 e. The zero-order valence-corrected chi connectivity index (χ0v) is 12.3. The lowest BCUT2D eigenvalue weighted by atomic mass is 9.91. The van der Waals surface area contributed by atoms with E-state index in [1.807, 2.05) is 0 Å². The molecule has 0 spiro atoms. The van der Waals surface area contributed by atoms with Crippen LogP contribution in [0.3, 0.4) is 0 Å². The van der Waals surface area contributed by atoms with Gasteiger partial charge in [0.15, 0.2) is 0 Å². The molecule has 1 aromatic rings. The monoisotopic (exact) mass is 269 g/mol. The van der Waals surface area contributed by atoms with Crippen molar-refractivity contribution >= 4 is 5.71 Å². The average Bonchev–Trinajstić information content (AvgIpc) is 3.18. The van der Waals surface area contributed by atoms with Crippen molar-refractivity contribution in [1.29, 1.82) is 0 Å². The predicted molar refractivity (Wildman–Crippen MR) is 80.9 cm³/mol. The van der Waals surface area contributed by atoms with E-state index >= 15 is 0 Å². The minimum Gasteiger partial charge on any atom is -0.293 e. The highest BCUT2D eigenvalue weighted by molar-refractivity contribution is 5.95. The number of hydrogen-bond donors (Lipinski definition) is 0. The summed E-state index contributed by atoms with van der Waals surface area (Å²) in [6, 6.07) is 7.21. The van der Waals surface area contributed by atoms with Gasteiger partial charge in [-0.25, -0.2) is 0 Å². The van der Waals surface area contributed by atoms with Crippen molar-refractivity contribution in [2.24, 2.45) is 11.0 Å². The van der Waals surface area contributed by atoms with Crippen LogP contribution in [0, 0.1) is 5.92 Å². The molecule has 0 bridgehead atoms. The molecule has 2 heterocycles. The molecule has 2 saturated carbocycles. The summed E-state index contributed by atoms with van der Waals surface area (Å²) in [6.07, 6.45) is 7.72. The van der Waals surface area contributed by atoms with Gasteiger partial charge in [0.2, 0.25) is 0 Å². The topological polar surface area (TPSA) is 28.5 Å². The molecule has 0 amide bonds. The fourth-order valence-electron chi connectivity index (χ4n) is 3.33. The first kappa shape index (κ1) is 12.4. The predicted octanol–water partition coefficient (Wildman–Crippen LogP) is 3.36. The maximum absolute atomic E-state index is 5.00. The second kappa shape index (κ2) is 4.87. The average molecular weight is 269 g/mol. The molecule has 20 heavy (non-hydrogen) atoms. The standard InChI is InChI=1S/C17H23N3/c1-2-13-5-3-8-16(18-13)15-11-20(14-6-4-7-14)19-17(15)12-9-10-12/h3,5,8,12,14-15H,2,4,6-7,9-11H2,1H3. The Kier molecular flexibility index (Phi) is 3.01. The number of hydrazone groups is 1. The van der Waals surface area contributed by atoms with Crippen LogP contribution in [0.15, 0.2) is 23.3 Å². The lowest BCUT2D eigenvalue weighted by molar-refractivity contribution is 0.143. The van der Waals surface area contributed by atoms with E-state index in [1.54, 1.807) is 0 Å². The molecule has 0 radical (unpaired) electrons. The molecule has 0 N–H and O–H groups in total. The molecule has 106 valence electrons. The summed E-state index contributed by atoms with van der Waals surface area (Å²) in [5.74, 6) is 1.20. The van der Waals surface area contributed by atoms with Crippen LogP contribution in [0.2, 0.25) is 0 Å².